The van der Waals surface area contributed by atoms with Crippen molar-refractivity contribution >= 4 is 35.0 Å². The number of amides is 2. The molecule has 2 aliphatic rings. The maximum atomic E-state index is 15.2. The standard InChI is InChI=1S/C33H36Cl2F3N5O4/c1-3-47-27-18-22(33(36,37)38)8-13-26(27)32(31(45)43(19-28(44)42-46-2)25-14-16-39-17-15-25)40-29(20-4-9-23(34)10-5-20)30(41-32)21-6-11-24(35)12-7-21/h4-13,18,25,29-30,39-41H,3,14-17,19H2,1-2H3,(H,42,44). The van der Waals surface area contributed by atoms with Gasteiger partial charge in [0.05, 0.1) is 31.4 Å². The molecule has 0 aromatic heterocycles. The third-order valence-electron chi connectivity index (χ3n) is 8.41. The van der Waals surface area contributed by atoms with E-state index < -0.39 is 41.3 Å². The number of hydrogen-bond acceptors (Lipinski definition) is 7. The average molecular weight is 695 g/mol. The summed E-state index contributed by atoms with van der Waals surface area (Å²) in [4.78, 5) is 34.5. The van der Waals surface area contributed by atoms with Crippen LogP contribution in [0.3, 0.4) is 0 Å². The van der Waals surface area contributed by atoms with Crippen LogP contribution in [0.1, 0.15) is 54.1 Å². The van der Waals surface area contributed by atoms with Gasteiger partial charge in [-0.05, 0) is 80.4 Å². The first-order valence-corrected chi connectivity index (χ1v) is 16.0. The molecule has 2 unspecified atom stereocenters. The lowest BCUT2D eigenvalue weighted by Crippen LogP contribution is -2.63. The zero-order chi connectivity index (χ0) is 33.8. The van der Waals surface area contributed by atoms with Crippen LogP contribution in [0.5, 0.6) is 5.75 Å². The van der Waals surface area contributed by atoms with E-state index in [9.17, 15) is 18.0 Å². The highest BCUT2D eigenvalue weighted by Crippen LogP contribution is 2.46. The van der Waals surface area contributed by atoms with Crippen molar-refractivity contribution in [3.8, 4) is 5.75 Å². The Bertz CT molecular complexity index is 1500. The lowest BCUT2D eigenvalue weighted by atomic mass is 9.93. The van der Waals surface area contributed by atoms with Crippen LogP contribution < -0.4 is 26.2 Å². The molecular weight excluding hydrogens is 658 g/mol. The molecule has 2 fully saturated rings. The number of piperidine rings is 1. The predicted octanol–water partition coefficient (Wildman–Crippen LogP) is 5.50. The monoisotopic (exact) mass is 693 g/mol. The summed E-state index contributed by atoms with van der Waals surface area (Å²) in [5.74, 6) is -1.26. The Morgan fingerprint density at radius 1 is 0.936 bits per heavy atom. The number of nitrogens with zero attached hydrogens (tertiary/aromatic N) is 1. The summed E-state index contributed by atoms with van der Waals surface area (Å²) in [7, 11) is 1.29. The van der Waals surface area contributed by atoms with Crippen molar-refractivity contribution in [3.05, 3.63) is 99.0 Å². The Morgan fingerprint density at radius 2 is 1.49 bits per heavy atom. The molecule has 0 aliphatic carbocycles. The fourth-order valence-corrected chi connectivity index (χ4v) is 6.50. The molecule has 2 atom stereocenters. The first-order valence-electron chi connectivity index (χ1n) is 15.2. The molecule has 2 amide bonds. The van der Waals surface area contributed by atoms with E-state index in [1.807, 2.05) is 24.3 Å². The van der Waals surface area contributed by atoms with E-state index in [2.05, 4.69) is 21.4 Å². The van der Waals surface area contributed by atoms with Gasteiger partial charge in [-0.3, -0.25) is 25.1 Å². The van der Waals surface area contributed by atoms with Crippen LogP contribution in [0.4, 0.5) is 13.2 Å². The van der Waals surface area contributed by atoms with Crippen molar-refractivity contribution in [1.29, 1.82) is 0 Å². The number of hydroxylamine groups is 1. The highest BCUT2D eigenvalue weighted by Gasteiger charge is 2.55. The third kappa shape index (κ3) is 7.69. The lowest BCUT2D eigenvalue weighted by molar-refractivity contribution is -0.148. The van der Waals surface area contributed by atoms with Crippen molar-refractivity contribution in [2.24, 2.45) is 0 Å². The molecule has 0 spiro atoms. The van der Waals surface area contributed by atoms with Gasteiger partial charge in [0.25, 0.3) is 11.8 Å². The van der Waals surface area contributed by atoms with Crippen molar-refractivity contribution in [2.45, 2.75) is 49.7 Å². The van der Waals surface area contributed by atoms with Crippen molar-refractivity contribution < 1.29 is 32.3 Å². The van der Waals surface area contributed by atoms with Gasteiger partial charge in [-0.1, -0.05) is 53.5 Å². The van der Waals surface area contributed by atoms with Crippen LogP contribution in [0.2, 0.25) is 10.0 Å². The molecule has 14 heteroatoms. The second-order valence-electron chi connectivity index (χ2n) is 11.4. The van der Waals surface area contributed by atoms with Crippen LogP contribution in [0.25, 0.3) is 0 Å². The number of rotatable bonds is 10. The largest absolute Gasteiger partial charge is 0.493 e. The predicted molar refractivity (Wildman–Crippen MR) is 172 cm³/mol. The van der Waals surface area contributed by atoms with E-state index in [-0.39, 0.29) is 30.5 Å². The van der Waals surface area contributed by atoms with Gasteiger partial charge < -0.3 is 15.0 Å². The van der Waals surface area contributed by atoms with Gasteiger partial charge in [0.15, 0.2) is 5.66 Å². The topological polar surface area (TPSA) is 104 Å². The van der Waals surface area contributed by atoms with Gasteiger partial charge in [0.2, 0.25) is 0 Å². The van der Waals surface area contributed by atoms with Crippen LogP contribution in [0.15, 0.2) is 66.7 Å². The number of ether oxygens (including phenoxy) is 1. The van der Waals surface area contributed by atoms with Gasteiger partial charge >= 0.3 is 6.18 Å². The second kappa shape index (κ2) is 14.8. The Balaban J connectivity index is 1.73. The number of hydrogen-bond donors (Lipinski definition) is 4. The van der Waals surface area contributed by atoms with Crippen LogP contribution >= 0.6 is 23.2 Å². The number of halogens is 5. The highest BCUT2D eigenvalue weighted by atomic mass is 35.5. The summed E-state index contributed by atoms with van der Waals surface area (Å²) < 4.78 is 47.7. The molecule has 47 heavy (non-hydrogen) atoms. The number of carbonyl (C=O) groups excluding carboxylic acids is 2. The summed E-state index contributed by atoms with van der Waals surface area (Å²) in [5.41, 5.74) is 1.15. The number of carbonyl (C=O) groups is 2. The minimum atomic E-state index is -4.66. The number of alkyl halides is 3. The molecule has 0 radical (unpaired) electrons. The number of benzene rings is 3. The minimum absolute atomic E-state index is 0.0358. The smallest absolute Gasteiger partial charge is 0.416 e. The molecular formula is C33H36Cl2F3N5O4. The van der Waals surface area contributed by atoms with Gasteiger partial charge in [0, 0.05) is 21.7 Å². The van der Waals surface area contributed by atoms with Crippen molar-refractivity contribution in [3.63, 3.8) is 0 Å². The SMILES string of the molecule is CCOc1cc(C(F)(F)F)ccc1C1(C(=O)N(CC(=O)NOC)C2CCNCC2)NC(c2ccc(Cl)cc2)C(c2ccc(Cl)cc2)N1. The summed E-state index contributed by atoms with van der Waals surface area (Å²) in [6.45, 7) is 2.55. The fourth-order valence-electron chi connectivity index (χ4n) is 6.25. The van der Waals surface area contributed by atoms with E-state index in [0.29, 0.717) is 36.0 Å². The first-order chi connectivity index (χ1) is 22.5. The molecule has 9 nitrogen and oxygen atoms in total. The third-order valence-corrected chi connectivity index (χ3v) is 8.91. The first kappa shape index (κ1) is 34.9. The van der Waals surface area contributed by atoms with E-state index >= 15 is 4.79 Å². The van der Waals surface area contributed by atoms with Gasteiger partial charge in [-0.15, -0.1) is 0 Å². The number of nitrogens with one attached hydrogen (secondary N) is 4. The maximum Gasteiger partial charge on any atom is 0.416 e. The maximum absolute atomic E-state index is 15.2. The molecule has 5 rings (SSSR count). The molecule has 0 saturated carbocycles. The zero-order valence-electron chi connectivity index (χ0n) is 25.8. The van der Waals surface area contributed by atoms with Gasteiger partial charge in [-0.25, -0.2) is 5.48 Å². The van der Waals surface area contributed by atoms with Gasteiger partial charge in [0.1, 0.15) is 12.3 Å². The Morgan fingerprint density at radius 3 is 1.98 bits per heavy atom. The molecule has 2 heterocycles. The quantitative estimate of drug-likeness (QED) is 0.208. The molecule has 2 aliphatic heterocycles. The molecule has 0 bridgehead atoms. The normalized spacial score (nSPS) is 21.8. The Labute approximate surface area is 281 Å². The average Bonchev–Trinajstić information content (AvgIpc) is 3.46. The lowest BCUT2D eigenvalue weighted by Gasteiger charge is -2.41. The van der Waals surface area contributed by atoms with E-state index in [4.69, 9.17) is 32.8 Å². The zero-order valence-corrected chi connectivity index (χ0v) is 27.3. The summed E-state index contributed by atoms with van der Waals surface area (Å²) >= 11 is 12.5. The van der Waals surface area contributed by atoms with E-state index in [1.165, 1.54) is 18.1 Å². The van der Waals surface area contributed by atoms with Crippen LogP contribution in [-0.4, -0.2) is 56.1 Å². The summed E-state index contributed by atoms with van der Waals surface area (Å²) in [6.07, 6.45) is -3.56. The highest BCUT2D eigenvalue weighted by molar-refractivity contribution is 6.30. The van der Waals surface area contributed by atoms with Crippen LogP contribution in [-0.2, 0) is 26.3 Å². The van der Waals surface area contributed by atoms with E-state index in [1.54, 1.807) is 31.2 Å². The minimum Gasteiger partial charge on any atom is -0.493 e. The summed E-state index contributed by atoms with van der Waals surface area (Å²) in [5, 5.41) is 11.2. The Kier molecular flexibility index (Phi) is 11.0. The molecule has 4 N–H and O–H groups in total. The van der Waals surface area contributed by atoms with E-state index in [0.717, 1.165) is 23.3 Å². The molecule has 3 aromatic rings. The molecule has 252 valence electrons. The molecule has 3 aromatic carbocycles. The van der Waals surface area contributed by atoms with Crippen molar-refractivity contribution in [1.82, 2.24) is 26.3 Å². The Hall–Kier alpha value is -3.39. The molecule has 2 saturated heterocycles. The fraction of sp³-hybridized carbons (Fsp3) is 0.394. The summed E-state index contributed by atoms with van der Waals surface area (Å²) in [6, 6.07) is 15.7. The van der Waals surface area contributed by atoms with Gasteiger partial charge in [-0.2, -0.15) is 13.2 Å². The van der Waals surface area contributed by atoms with Crippen LogP contribution in [0, 0.1) is 0 Å². The second-order valence-corrected chi connectivity index (χ2v) is 12.3. The van der Waals surface area contributed by atoms with Crippen molar-refractivity contribution in [2.75, 3.05) is 33.4 Å².